The van der Waals surface area contributed by atoms with Crippen LogP contribution in [0.15, 0.2) is 16.6 Å². The van der Waals surface area contributed by atoms with Gasteiger partial charge >= 0.3 is 106 Å². The second-order valence-electron chi connectivity index (χ2n) is 3.70. The van der Waals surface area contributed by atoms with Gasteiger partial charge in [0.25, 0.3) is 0 Å². The van der Waals surface area contributed by atoms with Crippen molar-refractivity contribution in [2.75, 3.05) is 0 Å². The molecule has 0 aromatic rings. The maximum absolute atomic E-state index is 3.84. The molecular formula is C9H12Br2GeSe. The SMILES string of the molecule is Br/C=[C]1\[Se]C=[C](Br)[Ge]12[CH2]CCC[CH2]2. The second kappa shape index (κ2) is 4.56. The standard InChI is InChI=1S/C9H12Br2GeSe/c10-6-9-12(8(11)7-13-9)4-2-1-3-5-12/h6-7H,1-5H2/b9-6-. The molecule has 0 bridgehead atoms. The molecule has 0 amide bonds. The third kappa shape index (κ3) is 1.92. The van der Waals surface area contributed by atoms with E-state index in [2.05, 4.69) is 41.8 Å². The quantitative estimate of drug-likeness (QED) is 0.511. The Balaban J connectivity index is 2.30. The van der Waals surface area contributed by atoms with Gasteiger partial charge in [0.2, 0.25) is 0 Å². The molecule has 0 saturated carbocycles. The molecule has 1 saturated heterocycles. The zero-order valence-corrected chi connectivity index (χ0v) is 14.3. The Morgan fingerprint density at radius 2 is 2.00 bits per heavy atom. The van der Waals surface area contributed by atoms with Gasteiger partial charge in [-0.2, -0.15) is 0 Å². The van der Waals surface area contributed by atoms with Crippen molar-refractivity contribution in [1.82, 2.24) is 0 Å². The molecule has 2 rings (SSSR count). The second-order valence-corrected chi connectivity index (χ2v) is 19.1. The van der Waals surface area contributed by atoms with E-state index in [-0.39, 0.29) is 0 Å². The molecule has 2 aliphatic rings. The summed E-state index contributed by atoms with van der Waals surface area (Å²) >= 11 is 6.39. The van der Waals surface area contributed by atoms with Crippen LogP contribution in [0.2, 0.25) is 10.5 Å². The molecule has 13 heavy (non-hydrogen) atoms. The van der Waals surface area contributed by atoms with Crippen LogP contribution in [0.4, 0.5) is 0 Å². The summed E-state index contributed by atoms with van der Waals surface area (Å²) in [6, 6.07) is 0. The fraction of sp³-hybridized carbons (Fsp3) is 0.556. The Morgan fingerprint density at radius 1 is 1.31 bits per heavy atom. The van der Waals surface area contributed by atoms with Gasteiger partial charge in [-0.25, -0.2) is 0 Å². The molecule has 0 N–H and O–H groups in total. The maximum atomic E-state index is 3.84. The van der Waals surface area contributed by atoms with Crippen LogP contribution in [0.5, 0.6) is 0 Å². The monoisotopic (exact) mass is 432 g/mol. The van der Waals surface area contributed by atoms with Crippen LogP contribution in [0.25, 0.3) is 0 Å². The van der Waals surface area contributed by atoms with Crippen molar-refractivity contribution < 1.29 is 0 Å². The number of rotatable bonds is 0. The van der Waals surface area contributed by atoms with Crippen LogP contribution < -0.4 is 0 Å². The Bertz CT molecular complexity index is 267. The summed E-state index contributed by atoms with van der Waals surface area (Å²) in [7, 11) is 0. The summed E-state index contributed by atoms with van der Waals surface area (Å²) in [6.45, 7) is 0. The molecule has 2 aliphatic heterocycles. The van der Waals surface area contributed by atoms with Gasteiger partial charge in [-0.3, -0.25) is 0 Å². The topological polar surface area (TPSA) is 0 Å². The molecule has 4 heteroatoms. The Morgan fingerprint density at radius 3 is 2.62 bits per heavy atom. The van der Waals surface area contributed by atoms with Gasteiger partial charge in [0, 0.05) is 0 Å². The molecule has 0 radical (unpaired) electrons. The van der Waals surface area contributed by atoms with Crippen molar-refractivity contribution in [3.63, 3.8) is 0 Å². The van der Waals surface area contributed by atoms with Crippen molar-refractivity contribution >= 4 is 60.1 Å². The van der Waals surface area contributed by atoms with E-state index in [1.54, 1.807) is 3.31 Å². The third-order valence-corrected chi connectivity index (χ3v) is 27.5. The summed E-state index contributed by atoms with van der Waals surface area (Å²) in [6.07, 6.45) is 4.42. The van der Waals surface area contributed by atoms with Crippen LogP contribution in [0.3, 0.4) is 0 Å². The molecule has 0 atom stereocenters. The van der Waals surface area contributed by atoms with Crippen molar-refractivity contribution in [2.24, 2.45) is 0 Å². The number of hydrogen-bond acceptors (Lipinski definition) is 0. The van der Waals surface area contributed by atoms with Gasteiger partial charge in [0.1, 0.15) is 0 Å². The van der Waals surface area contributed by atoms with E-state index in [1.165, 1.54) is 29.8 Å². The van der Waals surface area contributed by atoms with Crippen molar-refractivity contribution in [3.05, 3.63) is 16.6 Å². The van der Waals surface area contributed by atoms with Crippen molar-refractivity contribution in [3.8, 4) is 0 Å². The number of halogens is 2. The first-order chi connectivity index (χ1) is 6.29. The van der Waals surface area contributed by atoms with Crippen LogP contribution in [0.1, 0.15) is 19.3 Å². The molecule has 0 aliphatic carbocycles. The zero-order chi connectivity index (χ0) is 9.31. The predicted octanol–water partition coefficient (Wildman–Crippen LogP) is 3.89. The third-order valence-electron chi connectivity index (χ3n) is 3.02. The Labute approximate surface area is 105 Å². The summed E-state index contributed by atoms with van der Waals surface area (Å²) in [5.41, 5.74) is 0. The molecule has 2 heterocycles. The average Bonchev–Trinajstić information content (AvgIpc) is 2.46. The summed E-state index contributed by atoms with van der Waals surface area (Å²) in [5.74, 6) is 0. The van der Waals surface area contributed by atoms with Gasteiger partial charge in [0.05, 0.1) is 0 Å². The fourth-order valence-corrected chi connectivity index (χ4v) is 28.5. The molecule has 72 valence electrons. The first-order valence-corrected chi connectivity index (χ1v) is 13.3. The van der Waals surface area contributed by atoms with Crippen LogP contribution in [-0.4, -0.2) is 28.2 Å². The minimum absolute atomic E-state index is 0.666. The van der Waals surface area contributed by atoms with E-state index >= 15 is 0 Å². The number of hydrogen-bond donors (Lipinski definition) is 0. The van der Waals surface area contributed by atoms with Gasteiger partial charge < -0.3 is 0 Å². The Kier molecular flexibility index (Phi) is 3.86. The van der Waals surface area contributed by atoms with Crippen molar-refractivity contribution in [2.45, 2.75) is 29.8 Å². The van der Waals surface area contributed by atoms with Gasteiger partial charge in [-0.1, -0.05) is 0 Å². The first-order valence-electron chi connectivity index (χ1n) is 4.63. The van der Waals surface area contributed by atoms with E-state index in [4.69, 9.17) is 0 Å². The van der Waals surface area contributed by atoms with Gasteiger partial charge in [0.15, 0.2) is 0 Å². The molecule has 1 fully saturated rings. The van der Waals surface area contributed by atoms with E-state index in [9.17, 15) is 0 Å². The molecule has 0 aromatic carbocycles. The average molecular weight is 432 g/mol. The molecule has 0 nitrogen and oxygen atoms in total. The van der Waals surface area contributed by atoms with E-state index in [0.29, 0.717) is 15.0 Å². The molecule has 1 spiro atoms. The van der Waals surface area contributed by atoms with E-state index in [0.717, 1.165) is 0 Å². The summed E-state index contributed by atoms with van der Waals surface area (Å²) in [4.78, 5) is 4.73. The molecular weight excluding hydrogens is 419 g/mol. The Hall–Kier alpha value is 1.50. The predicted molar refractivity (Wildman–Crippen MR) is 69.0 cm³/mol. The van der Waals surface area contributed by atoms with Crippen LogP contribution >= 0.6 is 31.9 Å². The van der Waals surface area contributed by atoms with Crippen LogP contribution in [-0.2, 0) is 0 Å². The van der Waals surface area contributed by atoms with Gasteiger partial charge in [-0.05, 0) is 0 Å². The summed E-state index contributed by atoms with van der Waals surface area (Å²) in [5, 5.41) is 3.08. The molecule has 0 aromatic heterocycles. The summed E-state index contributed by atoms with van der Waals surface area (Å²) < 4.78 is 3.47. The first kappa shape index (κ1) is 11.0. The van der Waals surface area contributed by atoms with Gasteiger partial charge in [-0.15, -0.1) is 0 Å². The normalized spacial score (nSPS) is 29.7. The molecule has 0 unspecified atom stereocenters. The zero-order valence-electron chi connectivity index (χ0n) is 7.35. The van der Waals surface area contributed by atoms with E-state index < -0.39 is 13.3 Å². The minimum atomic E-state index is -1.68. The van der Waals surface area contributed by atoms with E-state index in [1.807, 2.05) is 3.30 Å². The fourth-order valence-electron chi connectivity index (χ4n) is 2.23. The van der Waals surface area contributed by atoms with Crippen LogP contribution in [0, 0.1) is 0 Å². The van der Waals surface area contributed by atoms with Crippen molar-refractivity contribution in [1.29, 1.82) is 0 Å².